The molecule has 8 rings (SSSR count). The van der Waals surface area contributed by atoms with Crippen molar-refractivity contribution in [2.24, 2.45) is 17.3 Å². The molecule has 4 fully saturated rings. The molecular weight excluding hydrogens is 780 g/mol. The molecule has 6 heterocycles. The number of hydroxylamine groups is 1. The number of hydrogen-bond acceptors (Lipinski definition) is 12. The number of nitriles is 1. The number of carbonyl (C=O) groups excluding carboxylic acids is 4. The van der Waals surface area contributed by atoms with E-state index in [9.17, 15) is 32.3 Å². The van der Waals surface area contributed by atoms with Crippen molar-refractivity contribution >= 4 is 46.9 Å². The minimum absolute atomic E-state index is 0.156. The highest BCUT2D eigenvalue weighted by molar-refractivity contribution is 6.22. The van der Waals surface area contributed by atoms with E-state index in [1.165, 1.54) is 12.1 Å². The molecule has 1 atom stereocenters. The lowest BCUT2D eigenvalue weighted by Gasteiger charge is -2.61. The molecule has 2 aromatic carbocycles. The molecule has 1 unspecified atom stereocenters. The monoisotopic (exact) mass is 827 g/mol. The maximum atomic E-state index is 13.5. The molecule has 3 aromatic rings. The van der Waals surface area contributed by atoms with Gasteiger partial charge in [-0.3, -0.25) is 19.2 Å². The molecule has 4 saturated heterocycles. The predicted molar refractivity (Wildman–Crippen MR) is 216 cm³/mol. The fourth-order valence-corrected chi connectivity index (χ4v) is 9.55. The van der Waals surface area contributed by atoms with Gasteiger partial charge in [-0.2, -0.15) is 18.4 Å². The van der Waals surface area contributed by atoms with Crippen LogP contribution in [0.1, 0.15) is 70.4 Å². The number of aromatic nitrogens is 1. The molecule has 1 spiro atoms. The quantitative estimate of drug-likeness (QED) is 0.137. The van der Waals surface area contributed by atoms with Crippen molar-refractivity contribution in [2.75, 3.05) is 86.0 Å². The van der Waals surface area contributed by atoms with Crippen molar-refractivity contribution in [1.29, 1.82) is 5.26 Å². The van der Waals surface area contributed by atoms with Gasteiger partial charge >= 0.3 is 6.18 Å². The number of amides is 3. The van der Waals surface area contributed by atoms with Crippen LogP contribution in [0, 0.1) is 28.6 Å². The van der Waals surface area contributed by atoms with Gasteiger partial charge in [0.25, 0.3) is 11.8 Å². The van der Waals surface area contributed by atoms with Crippen LogP contribution in [-0.2, 0) is 20.6 Å². The number of halogens is 3. The Morgan fingerprint density at radius 2 is 1.57 bits per heavy atom. The third kappa shape index (κ3) is 8.28. The van der Waals surface area contributed by atoms with Crippen LogP contribution >= 0.6 is 0 Å². The Labute approximate surface area is 346 Å². The van der Waals surface area contributed by atoms with Crippen molar-refractivity contribution < 1.29 is 37.2 Å². The SMILES string of the molecule is CNOC(CCC=O)N1C(=O)c2ccc(N3CC4(CN(CC5CCN(c6ccc(NC(=O)C7CCN(c8ccc(C#N)c(C(F)(F)F)c8)CC7)nc6)CC5)C4)C3)cc2C1=O. The summed E-state index contributed by atoms with van der Waals surface area (Å²) in [4.78, 5) is 70.4. The summed E-state index contributed by atoms with van der Waals surface area (Å²) < 4.78 is 40.4. The number of fused-ring (bicyclic) bond motifs is 1. The van der Waals surface area contributed by atoms with E-state index in [0.717, 1.165) is 87.3 Å². The van der Waals surface area contributed by atoms with Crippen molar-refractivity contribution in [1.82, 2.24) is 20.3 Å². The van der Waals surface area contributed by atoms with Crippen LogP contribution in [0.3, 0.4) is 0 Å². The Kier molecular flexibility index (Phi) is 11.5. The number of carbonyl (C=O) groups is 4. The van der Waals surface area contributed by atoms with Crippen molar-refractivity contribution in [3.8, 4) is 6.07 Å². The molecule has 17 heteroatoms. The molecule has 1 aromatic heterocycles. The molecular formula is C43H48F3N9O5. The van der Waals surface area contributed by atoms with Crippen LogP contribution < -0.4 is 25.5 Å². The van der Waals surface area contributed by atoms with Gasteiger partial charge in [0, 0.05) is 101 Å². The van der Waals surface area contributed by atoms with Crippen LogP contribution in [0.15, 0.2) is 54.7 Å². The number of anilines is 4. The number of nitrogens with zero attached hydrogens (tertiary/aromatic N) is 7. The molecule has 5 aliphatic rings. The van der Waals surface area contributed by atoms with Gasteiger partial charge in [0.05, 0.1) is 40.2 Å². The zero-order valence-electron chi connectivity index (χ0n) is 33.4. The zero-order chi connectivity index (χ0) is 42.2. The third-order valence-electron chi connectivity index (χ3n) is 12.7. The second-order valence-electron chi connectivity index (χ2n) is 16.7. The van der Waals surface area contributed by atoms with Gasteiger partial charge in [0.1, 0.15) is 12.1 Å². The summed E-state index contributed by atoms with van der Waals surface area (Å²) in [5.74, 6) is -0.215. The van der Waals surface area contributed by atoms with E-state index >= 15 is 0 Å². The van der Waals surface area contributed by atoms with Crippen LogP contribution in [0.2, 0.25) is 0 Å². The number of rotatable bonds is 13. The summed E-state index contributed by atoms with van der Waals surface area (Å²) in [6.45, 7) is 7.62. The molecule has 0 saturated carbocycles. The lowest BCUT2D eigenvalue weighted by molar-refractivity contribution is -0.137. The number of benzene rings is 2. The lowest BCUT2D eigenvalue weighted by Crippen LogP contribution is -2.72. The molecule has 5 aliphatic heterocycles. The summed E-state index contributed by atoms with van der Waals surface area (Å²) in [5.41, 5.74) is 4.44. The summed E-state index contributed by atoms with van der Waals surface area (Å²) in [7, 11) is 1.55. The molecule has 14 nitrogen and oxygen atoms in total. The predicted octanol–water partition coefficient (Wildman–Crippen LogP) is 4.92. The minimum atomic E-state index is -4.62. The van der Waals surface area contributed by atoms with Crippen molar-refractivity contribution in [3.63, 3.8) is 0 Å². The van der Waals surface area contributed by atoms with Crippen molar-refractivity contribution in [2.45, 2.75) is 50.9 Å². The van der Waals surface area contributed by atoms with E-state index in [-0.39, 0.29) is 30.1 Å². The number of imide groups is 1. The lowest BCUT2D eigenvalue weighted by atomic mass is 9.72. The van der Waals surface area contributed by atoms with Gasteiger partial charge in [-0.25, -0.2) is 15.4 Å². The van der Waals surface area contributed by atoms with E-state index in [4.69, 9.17) is 10.1 Å². The van der Waals surface area contributed by atoms with Gasteiger partial charge in [-0.15, -0.1) is 0 Å². The standard InChI is InChI=1S/C43H48F3N9O5/c1-48-60-38(3-2-18-56)55-40(58)34-8-6-31(19-35(34)41(55)59)54-26-42(27-54)24-51(25-42)23-28-10-14-53(15-11-28)33-7-9-37(49-22-33)50-39(57)29-12-16-52(17-13-29)32-5-4-30(21-47)36(20-32)43(44,45)46/h4-9,18-20,22,28-29,38,48H,2-3,10-17,23-27H2,1H3,(H,49,50,57). The fraction of sp³-hybridized carbons (Fsp3) is 0.488. The summed E-state index contributed by atoms with van der Waals surface area (Å²) in [6, 6.07) is 14.6. The molecule has 0 radical (unpaired) electrons. The molecule has 0 aliphatic carbocycles. The Bertz CT molecular complexity index is 2150. The fourth-order valence-electron chi connectivity index (χ4n) is 9.55. The van der Waals surface area contributed by atoms with Gasteiger partial charge < -0.3 is 29.7 Å². The highest BCUT2D eigenvalue weighted by Gasteiger charge is 2.52. The number of aldehydes is 1. The zero-order valence-corrected chi connectivity index (χ0v) is 33.4. The smallest absolute Gasteiger partial charge is 0.371 e. The third-order valence-corrected chi connectivity index (χ3v) is 12.7. The van der Waals surface area contributed by atoms with E-state index in [0.29, 0.717) is 54.5 Å². The minimum Gasteiger partial charge on any atom is -0.371 e. The first-order valence-electron chi connectivity index (χ1n) is 20.5. The molecule has 60 heavy (non-hydrogen) atoms. The first-order valence-corrected chi connectivity index (χ1v) is 20.5. The van der Waals surface area contributed by atoms with Gasteiger partial charge in [0.15, 0.2) is 6.23 Å². The van der Waals surface area contributed by atoms with Gasteiger partial charge in [-0.1, -0.05) is 0 Å². The highest BCUT2D eigenvalue weighted by Crippen LogP contribution is 2.44. The van der Waals surface area contributed by atoms with E-state index in [1.807, 2.05) is 23.1 Å². The molecule has 3 amide bonds. The van der Waals surface area contributed by atoms with Crippen LogP contribution in [0.25, 0.3) is 0 Å². The Morgan fingerprint density at radius 3 is 2.22 bits per heavy atom. The largest absolute Gasteiger partial charge is 0.417 e. The Morgan fingerprint density at radius 1 is 0.917 bits per heavy atom. The first kappa shape index (κ1) is 41.2. The van der Waals surface area contributed by atoms with E-state index in [2.05, 4.69) is 30.5 Å². The normalized spacial score (nSPS) is 20.1. The second kappa shape index (κ2) is 16.8. The molecule has 0 bridgehead atoms. The van der Waals surface area contributed by atoms with Crippen LogP contribution in [0.4, 0.5) is 36.1 Å². The summed E-state index contributed by atoms with van der Waals surface area (Å²) in [5, 5.41) is 12.0. The van der Waals surface area contributed by atoms with Crippen LogP contribution in [-0.4, -0.2) is 111 Å². The van der Waals surface area contributed by atoms with Gasteiger partial charge in [-0.05, 0) is 80.1 Å². The summed E-state index contributed by atoms with van der Waals surface area (Å²) >= 11 is 0. The van der Waals surface area contributed by atoms with E-state index < -0.39 is 35.3 Å². The van der Waals surface area contributed by atoms with Gasteiger partial charge in [0.2, 0.25) is 5.91 Å². The average molecular weight is 828 g/mol. The number of pyridine rings is 1. The average Bonchev–Trinajstić information content (AvgIpc) is 3.47. The number of piperidine rings is 2. The number of nitrogens with one attached hydrogen (secondary N) is 2. The summed E-state index contributed by atoms with van der Waals surface area (Å²) in [6.07, 6.45) is 0.517. The topological polar surface area (TPSA) is 154 Å². The molecule has 316 valence electrons. The number of alkyl halides is 3. The first-order chi connectivity index (χ1) is 28.9. The Hall–Kier alpha value is -5.57. The number of hydrogen-bond donors (Lipinski definition) is 2. The van der Waals surface area contributed by atoms with Crippen LogP contribution in [0.5, 0.6) is 0 Å². The maximum absolute atomic E-state index is 13.5. The Balaban J connectivity index is 0.748. The van der Waals surface area contributed by atoms with E-state index in [1.54, 1.807) is 31.4 Å². The highest BCUT2D eigenvalue weighted by atomic mass is 19.4. The number of likely N-dealkylation sites (tertiary alicyclic amines) is 1. The van der Waals surface area contributed by atoms with Crippen molar-refractivity contribution in [3.05, 3.63) is 77.0 Å². The maximum Gasteiger partial charge on any atom is 0.417 e. The molecule has 2 N–H and O–H groups in total. The second-order valence-corrected chi connectivity index (χ2v) is 16.7.